The van der Waals surface area contributed by atoms with Gasteiger partial charge in [0.2, 0.25) is 5.91 Å². The van der Waals surface area contributed by atoms with Crippen molar-refractivity contribution in [1.82, 2.24) is 5.32 Å². The number of benzene rings is 1. The van der Waals surface area contributed by atoms with E-state index in [1.54, 1.807) is 35.7 Å². The SMILES string of the molecule is NC(=O)[C@H](NC(=O)c1cccs1)c1cccc(Br)c1. The lowest BCUT2D eigenvalue weighted by molar-refractivity contribution is -0.120. The molecule has 19 heavy (non-hydrogen) atoms. The smallest absolute Gasteiger partial charge is 0.262 e. The van der Waals surface area contributed by atoms with Crippen molar-refractivity contribution in [3.05, 3.63) is 56.7 Å². The molecule has 4 nitrogen and oxygen atoms in total. The van der Waals surface area contributed by atoms with E-state index in [2.05, 4.69) is 21.2 Å². The summed E-state index contributed by atoms with van der Waals surface area (Å²) >= 11 is 4.63. The summed E-state index contributed by atoms with van der Waals surface area (Å²) < 4.78 is 0.821. The van der Waals surface area contributed by atoms with Gasteiger partial charge in [0.25, 0.3) is 5.91 Å². The normalized spacial score (nSPS) is 11.8. The lowest BCUT2D eigenvalue weighted by Gasteiger charge is -2.15. The van der Waals surface area contributed by atoms with E-state index in [4.69, 9.17) is 5.73 Å². The molecule has 2 aromatic rings. The first-order valence-corrected chi connectivity index (χ1v) is 7.14. The summed E-state index contributed by atoms with van der Waals surface area (Å²) in [5.74, 6) is -0.901. The molecule has 0 radical (unpaired) electrons. The van der Waals surface area contributed by atoms with Crippen molar-refractivity contribution in [2.45, 2.75) is 6.04 Å². The van der Waals surface area contributed by atoms with Crippen molar-refractivity contribution >= 4 is 39.1 Å². The maximum Gasteiger partial charge on any atom is 0.262 e. The van der Waals surface area contributed by atoms with Gasteiger partial charge in [0, 0.05) is 4.47 Å². The molecule has 0 spiro atoms. The number of carbonyl (C=O) groups excluding carboxylic acids is 2. The molecular formula is C13H11BrN2O2S. The van der Waals surface area contributed by atoms with Crippen LogP contribution in [0, 0.1) is 0 Å². The van der Waals surface area contributed by atoms with Crippen molar-refractivity contribution in [3.8, 4) is 0 Å². The van der Waals surface area contributed by atoms with Gasteiger partial charge in [-0.2, -0.15) is 0 Å². The topological polar surface area (TPSA) is 72.2 Å². The predicted molar refractivity (Wildman–Crippen MR) is 77.9 cm³/mol. The van der Waals surface area contributed by atoms with Crippen LogP contribution in [0.3, 0.4) is 0 Å². The summed E-state index contributed by atoms with van der Waals surface area (Å²) in [5.41, 5.74) is 6.00. The molecule has 0 saturated heterocycles. The van der Waals surface area contributed by atoms with Gasteiger partial charge in [-0.15, -0.1) is 11.3 Å². The highest BCUT2D eigenvalue weighted by atomic mass is 79.9. The van der Waals surface area contributed by atoms with E-state index in [9.17, 15) is 9.59 Å². The van der Waals surface area contributed by atoms with Crippen LogP contribution in [0.2, 0.25) is 0 Å². The third kappa shape index (κ3) is 3.42. The fourth-order valence-corrected chi connectivity index (χ4v) is 2.66. The van der Waals surface area contributed by atoms with E-state index < -0.39 is 11.9 Å². The molecule has 6 heteroatoms. The number of thiophene rings is 1. The quantitative estimate of drug-likeness (QED) is 0.898. The lowest BCUT2D eigenvalue weighted by atomic mass is 10.1. The number of carbonyl (C=O) groups is 2. The zero-order valence-electron chi connectivity index (χ0n) is 9.80. The number of rotatable bonds is 4. The Balaban J connectivity index is 2.22. The molecule has 0 unspecified atom stereocenters. The molecule has 0 fully saturated rings. The van der Waals surface area contributed by atoms with Crippen molar-refractivity contribution in [2.75, 3.05) is 0 Å². The molecule has 1 atom stereocenters. The molecule has 1 aromatic carbocycles. The molecular weight excluding hydrogens is 328 g/mol. The molecule has 0 aliphatic heterocycles. The minimum atomic E-state index is -0.841. The predicted octanol–water partition coefficient (Wildman–Crippen LogP) is 2.47. The van der Waals surface area contributed by atoms with E-state index >= 15 is 0 Å². The summed E-state index contributed by atoms with van der Waals surface area (Å²) in [6, 6.07) is 9.75. The number of hydrogen-bond donors (Lipinski definition) is 2. The maximum absolute atomic E-state index is 12.0. The Morgan fingerprint density at radius 3 is 2.63 bits per heavy atom. The van der Waals surface area contributed by atoms with Crippen LogP contribution < -0.4 is 11.1 Å². The summed E-state index contributed by atoms with van der Waals surface area (Å²) in [4.78, 5) is 24.0. The van der Waals surface area contributed by atoms with Gasteiger partial charge in [-0.3, -0.25) is 9.59 Å². The van der Waals surface area contributed by atoms with Crippen LogP contribution in [0.4, 0.5) is 0 Å². The minimum Gasteiger partial charge on any atom is -0.368 e. The first-order chi connectivity index (χ1) is 9.08. The van der Waals surface area contributed by atoms with Crippen molar-refractivity contribution in [2.24, 2.45) is 5.73 Å². The summed E-state index contributed by atoms with van der Waals surface area (Å²) in [7, 11) is 0. The van der Waals surface area contributed by atoms with Crippen LogP contribution in [-0.4, -0.2) is 11.8 Å². The highest BCUT2D eigenvalue weighted by Crippen LogP contribution is 2.19. The van der Waals surface area contributed by atoms with Gasteiger partial charge in [-0.05, 0) is 29.1 Å². The third-order valence-electron chi connectivity index (χ3n) is 2.49. The number of hydrogen-bond acceptors (Lipinski definition) is 3. The Bertz CT molecular complexity index is 598. The van der Waals surface area contributed by atoms with E-state index in [1.807, 2.05) is 6.07 Å². The van der Waals surface area contributed by atoms with Gasteiger partial charge >= 0.3 is 0 Å². The molecule has 3 N–H and O–H groups in total. The number of amides is 2. The zero-order chi connectivity index (χ0) is 13.8. The number of primary amides is 1. The molecule has 0 aliphatic carbocycles. The van der Waals surface area contributed by atoms with Crippen LogP contribution in [0.5, 0.6) is 0 Å². The summed E-state index contributed by atoms with van der Waals surface area (Å²) in [6.45, 7) is 0. The van der Waals surface area contributed by atoms with Gasteiger partial charge in [0.1, 0.15) is 6.04 Å². The maximum atomic E-state index is 12.0. The van der Waals surface area contributed by atoms with E-state index in [0.29, 0.717) is 10.4 Å². The molecule has 2 rings (SSSR count). The van der Waals surface area contributed by atoms with E-state index in [1.165, 1.54) is 11.3 Å². The van der Waals surface area contributed by atoms with Gasteiger partial charge in [0.05, 0.1) is 4.88 Å². The molecule has 1 heterocycles. The molecule has 0 saturated carbocycles. The van der Waals surface area contributed by atoms with Crippen LogP contribution in [-0.2, 0) is 4.79 Å². The average Bonchev–Trinajstić information content (AvgIpc) is 2.89. The number of nitrogens with one attached hydrogen (secondary N) is 1. The van der Waals surface area contributed by atoms with Gasteiger partial charge in [-0.25, -0.2) is 0 Å². The Morgan fingerprint density at radius 2 is 2.05 bits per heavy atom. The van der Waals surface area contributed by atoms with Crippen LogP contribution >= 0.6 is 27.3 Å². The molecule has 2 amide bonds. The zero-order valence-corrected chi connectivity index (χ0v) is 12.2. The first-order valence-electron chi connectivity index (χ1n) is 5.47. The van der Waals surface area contributed by atoms with Gasteiger partial charge in [0.15, 0.2) is 0 Å². The standard InChI is InChI=1S/C13H11BrN2O2S/c14-9-4-1-3-8(7-9)11(12(15)17)16-13(18)10-5-2-6-19-10/h1-7,11H,(H2,15,17)(H,16,18)/t11-/m1/s1. The molecule has 98 valence electrons. The van der Waals surface area contributed by atoms with Gasteiger partial charge < -0.3 is 11.1 Å². The van der Waals surface area contributed by atoms with E-state index in [0.717, 1.165) is 4.47 Å². The second kappa shape index (κ2) is 5.99. The molecule has 0 aliphatic rings. The van der Waals surface area contributed by atoms with Crippen LogP contribution in [0.25, 0.3) is 0 Å². The molecule has 1 aromatic heterocycles. The first kappa shape index (κ1) is 13.8. The molecule has 0 bridgehead atoms. The Hall–Kier alpha value is -1.66. The fraction of sp³-hybridized carbons (Fsp3) is 0.0769. The van der Waals surface area contributed by atoms with Crippen molar-refractivity contribution in [1.29, 1.82) is 0 Å². The summed E-state index contributed by atoms with van der Waals surface area (Å²) in [6.07, 6.45) is 0. The minimum absolute atomic E-state index is 0.307. The number of nitrogens with two attached hydrogens (primary N) is 1. The van der Waals surface area contributed by atoms with Crippen molar-refractivity contribution in [3.63, 3.8) is 0 Å². The number of halogens is 1. The second-order valence-corrected chi connectivity index (χ2v) is 5.70. The van der Waals surface area contributed by atoms with Crippen molar-refractivity contribution < 1.29 is 9.59 Å². The van der Waals surface area contributed by atoms with Crippen LogP contribution in [0.1, 0.15) is 21.3 Å². The van der Waals surface area contributed by atoms with Crippen LogP contribution in [0.15, 0.2) is 46.3 Å². The average molecular weight is 339 g/mol. The lowest BCUT2D eigenvalue weighted by Crippen LogP contribution is -2.37. The summed E-state index contributed by atoms with van der Waals surface area (Å²) in [5, 5.41) is 4.44. The highest BCUT2D eigenvalue weighted by Gasteiger charge is 2.21. The third-order valence-corrected chi connectivity index (χ3v) is 3.85. The largest absolute Gasteiger partial charge is 0.368 e. The second-order valence-electron chi connectivity index (χ2n) is 3.84. The highest BCUT2D eigenvalue weighted by molar-refractivity contribution is 9.10. The van der Waals surface area contributed by atoms with Gasteiger partial charge in [-0.1, -0.05) is 34.1 Å². The monoisotopic (exact) mass is 338 g/mol. The Labute approximate surface area is 122 Å². The Kier molecular flexibility index (Phi) is 4.34. The fourth-order valence-electron chi connectivity index (χ4n) is 1.61. The van der Waals surface area contributed by atoms with E-state index in [-0.39, 0.29) is 5.91 Å². The Morgan fingerprint density at radius 1 is 1.26 bits per heavy atom.